The molecule has 2 heterocycles. The van der Waals surface area contributed by atoms with Crippen LogP contribution in [0.3, 0.4) is 0 Å². The molecule has 3 rings (SSSR count). The van der Waals surface area contributed by atoms with Gasteiger partial charge in [0.05, 0.1) is 5.69 Å². The molecule has 3 aromatic rings. The van der Waals surface area contributed by atoms with Crippen LogP contribution in [0.15, 0.2) is 41.9 Å². The van der Waals surface area contributed by atoms with Crippen LogP contribution in [-0.2, 0) is 5.41 Å². The van der Waals surface area contributed by atoms with Gasteiger partial charge < -0.3 is 0 Å². The van der Waals surface area contributed by atoms with Crippen molar-refractivity contribution in [1.82, 2.24) is 9.97 Å². The van der Waals surface area contributed by atoms with Gasteiger partial charge in [-0.1, -0.05) is 45.0 Å². The Bertz CT molecular complexity index is 717. The van der Waals surface area contributed by atoms with Gasteiger partial charge in [0.2, 0.25) is 0 Å². The summed E-state index contributed by atoms with van der Waals surface area (Å²) in [5.41, 5.74) is 2.19. The lowest BCUT2D eigenvalue weighted by Gasteiger charge is -2.14. The van der Waals surface area contributed by atoms with E-state index in [1.54, 1.807) is 11.3 Å². The van der Waals surface area contributed by atoms with Crippen LogP contribution in [0.1, 0.15) is 26.5 Å². The molecule has 0 atom stereocenters. The molecule has 0 N–H and O–H groups in total. The van der Waals surface area contributed by atoms with E-state index in [1.807, 2.05) is 18.3 Å². The van der Waals surface area contributed by atoms with E-state index in [0.29, 0.717) is 0 Å². The first-order valence-corrected chi connectivity index (χ1v) is 7.24. The largest absolute Gasteiger partial charge is 0.253 e. The van der Waals surface area contributed by atoms with Crippen molar-refractivity contribution in [2.24, 2.45) is 0 Å². The highest BCUT2D eigenvalue weighted by Crippen LogP contribution is 2.32. The Labute approximate surface area is 117 Å². The molecular formula is C16H16N2S. The fourth-order valence-electron chi connectivity index (χ4n) is 2.02. The minimum atomic E-state index is 0.0827. The molecule has 0 amide bonds. The van der Waals surface area contributed by atoms with E-state index in [0.717, 1.165) is 16.4 Å². The zero-order valence-electron chi connectivity index (χ0n) is 11.3. The summed E-state index contributed by atoms with van der Waals surface area (Å²) in [6.07, 6.45) is 1.86. The third-order valence-corrected chi connectivity index (χ3v) is 4.00. The van der Waals surface area contributed by atoms with Crippen molar-refractivity contribution in [3.63, 3.8) is 0 Å². The molecule has 2 aromatic heterocycles. The summed E-state index contributed by atoms with van der Waals surface area (Å²) in [6, 6.07) is 10.4. The molecule has 0 aliphatic heterocycles. The average Bonchev–Trinajstić information content (AvgIpc) is 2.87. The van der Waals surface area contributed by atoms with Crippen molar-refractivity contribution < 1.29 is 0 Å². The number of rotatable bonds is 1. The van der Waals surface area contributed by atoms with E-state index >= 15 is 0 Å². The van der Waals surface area contributed by atoms with E-state index in [9.17, 15) is 0 Å². The zero-order chi connectivity index (χ0) is 13.5. The second-order valence-corrected chi connectivity index (χ2v) is 6.53. The van der Waals surface area contributed by atoms with Crippen LogP contribution in [0.4, 0.5) is 0 Å². The van der Waals surface area contributed by atoms with Gasteiger partial charge in [-0.3, -0.25) is 4.98 Å². The molecule has 1 aromatic carbocycles. The summed E-state index contributed by atoms with van der Waals surface area (Å²) >= 11 is 1.67. The van der Waals surface area contributed by atoms with Gasteiger partial charge in [-0.2, -0.15) is 0 Å². The summed E-state index contributed by atoms with van der Waals surface area (Å²) in [6.45, 7) is 6.55. The van der Waals surface area contributed by atoms with Crippen molar-refractivity contribution in [1.29, 1.82) is 0 Å². The van der Waals surface area contributed by atoms with E-state index < -0.39 is 0 Å². The van der Waals surface area contributed by atoms with E-state index in [4.69, 9.17) is 4.98 Å². The van der Waals surface area contributed by atoms with Gasteiger partial charge in [0, 0.05) is 22.4 Å². The molecule has 0 spiro atoms. The highest BCUT2D eigenvalue weighted by Gasteiger charge is 2.19. The van der Waals surface area contributed by atoms with Gasteiger partial charge in [0.1, 0.15) is 10.7 Å². The fourth-order valence-corrected chi connectivity index (χ4v) is 3.07. The molecule has 3 heteroatoms. The van der Waals surface area contributed by atoms with Gasteiger partial charge in [-0.15, -0.1) is 11.3 Å². The number of benzene rings is 1. The van der Waals surface area contributed by atoms with Crippen molar-refractivity contribution in [2.45, 2.75) is 26.2 Å². The maximum Gasteiger partial charge on any atom is 0.142 e. The molecule has 19 heavy (non-hydrogen) atoms. The molecule has 0 aliphatic rings. The summed E-state index contributed by atoms with van der Waals surface area (Å²) in [7, 11) is 0. The fraction of sp³-hybridized carbons (Fsp3) is 0.250. The Hall–Kier alpha value is -1.74. The third kappa shape index (κ3) is 2.26. The van der Waals surface area contributed by atoms with E-state index in [-0.39, 0.29) is 5.41 Å². The first kappa shape index (κ1) is 12.3. The molecule has 0 radical (unpaired) electrons. The molecule has 0 unspecified atom stereocenters. The van der Waals surface area contributed by atoms with Crippen molar-refractivity contribution >= 4 is 22.1 Å². The van der Waals surface area contributed by atoms with Crippen LogP contribution in [0.25, 0.3) is 21.5 Å². The smallest absolute Gasteiger partial charge is 0.142 e. The van der Waals surface area contributed by atoms with Crippen molar-refractivity contribution in [3.8, 4) is 10.7 Å². The van der Waals surface area contributed by atoms with Gasteiger partial charge in [-0.25, -0.2) is 4.98 Å². The van der Waals surface area contributed by atoms with Gasteiger partial charge in [0.15, 0.2) is 0 Å². The predicted molar refractivity (Wildman–Crippen MR) is 81.6 cm³/mol. The normalized spacial score (nSPS) is 11.9. The molecule has 0 bridgehead atoms. The summed E-state index contributed by atoms with van der Waals surface area (Å²) in [5, 5.41) is 5.51. The molecule has 0 fully saturated rings. The van der Waals surface area contributed by atoms with E-state index in [1.165, 1.54) is 10.8 Å². The highest BCUT2D eigenvalue weighted by atomic mass is 32.1. The maximum atomic E-state index is 4.76. The van der Waals surface area contributed by atoms with Gasteiger partial charge >= 0.3 is 0 Å². The van der Waals surface area contributed by atoms with Crippen LogP contribution in [0.2, 0.25) is 0 Å². The van der Waals surface area contributed by atoms with Gasteiger partial charge in [0.25, 0.3) is 0 Å². The molecular weight excluding hydrogens is 252 g/mol. The zero-order valence-corrected chi connectivity index (χ0v) is 12.2. The minimum Gasteiger partial charge on any atom is -0.253 e. The highest BCUT2D eigenvalue weighted by molar-refractivity contribution is 7.13. The van der Waals surface area contributed by atoms with Crippen LogP contribution >= 0.6 is 11.3 Å². The Kier molecular flexibility index (Phi) is 2.86. The second kappa shape index (κ2) is 4.42. The number of pyridine rings is 1. The van der Waals surface area contributed by atoms with Crippen LogP contribution in [-0.4, -0.2) is 9.97 Å². The van der Waals surface area contributed by atoms with Crippen LogP contribution in [0, 0.1) is 0 Å². The predicted octanol–water partition coefficient (Wildman–Crippen LogP) is 4.66. The number of nitrogens with zero attached hydrogens (tertiary/aromatic N) is 2. The maximum absolute atomic E-state index is 4.76. The lowest BCUT2D eigenvalue weighted by molar-refractivity contribution is 0.573. The Morgan fingerprint density at radius 2 is 1.84 bits per heavy atom. The van der Waals surface area contributed by atoms with Gasteiger partial charge in [-0.05, 0) is 11.5 Å². The summed E-state index contributed by atoms with van der Waals surface area (Å²) in [5.74, 6) is 0. The monoisotopic (exact) mass is 268 g/mol. The van der Waals surface area contributed by atoms with E-state index in [2.05, 4.69) is 49.3 Å². The third-order valence-electron chi connectivity index (χ3n) is 3.15. The lowest BCUT2D eigenvalue weighted by atomic mass is 9.93. The number of aromatic nitrogens is 2. The van der Waals surface area contributed by atoms with Crippen molar-refractivity contribution in [3.05, 3.63) is 47.6 Å². The Morgan fingerprint density at radius 3 is 2.58 bits per heavy atom. The second-order valence-electron chi connectivity index (χ2n) is 5.67. The quantitative estimate of drug-likeness (QED) is 0.641. The number of hydrogen-bond acceptors (Lipinski definition) is 3. The van der Waals surface area contributed by atoms with Crippen LogP contribution in [0.5, 0.6) is 0 Å². The standard InChI is InChI=1S/C16H16N2S/c1-16(2,3)13-10-19-15(18-13)14-12-7-5-4-6-11(12)8-9-17-14/h4-10H,1-3H3. The molecule has 0 aliphatic carbocycles. The first-order valence-electron chi connectivity index (χ1n) is 6.36. The topological polar surface area (TPSA) is 25.8 Å². The molecule has 96 valence electrons. The molecule has 0 saturated carbocycles. The Balaban J connectivity index is 2.17. The number of thiazole rings is 1. The SMILES string of the molecule is CC(C)(C)c1csc(-c2nccc3ccccc23)n1. The Morgan fingerprint density at radius 1 is 1.05 bits per heavy atom. The summed E-state index contributed by atoms with van der Waals surface area (Å²) in [4.78, 5) is 9.28. The molecule has 2 nitrogen and oxygen atoms in total. The lowest BCUT2D eigenvalue weighted by Crippen LogP contribution is -2.11. The molecule has 0 saturated heterocycles. The van der Waals surface area contributed by atoms with Crippen LogP contribution < -0.4 is 0 Å². The van der Waals surface area contributed by atoms with Crippen molar-refractivity contribution in [2.75, 3.05) is 0 Å². The summed E-state index contributed by atoms with van der Waals surface area (Å²) < 4.78 is 0. The minimum absolute atomic E-state index is 0.0827. The first-order chi connectivity index (χ1) is 9.05. The number of fused-ring (bicyclic) bond motifs is 1. The average molecular weight is 268 g/mol. The number of hydrogen-bond donors (Lipinski definition) is 0.